The third-order valence-corrected chi connectivity index (χ3v) is 2.78. The van der Waals surface area contributed by atoms with E-state index >= 15 is 0 Å². The van der Waals surface area contributed by atoms with Gasteiger partial charge in [0.1, 0.15) is 17.2 Å². The van der Waals surface area contributed by atoms with Gasteiger partial charge in [0.15, 0.2) is 0 Å². The van der Waals surface area contributed by atoms with E-state index in [2.05, 4.69) is 5.32 Å². The molecule has 1 aliphatic rings. The number of halogens is 2. The first-order chi connectivity index (χ1) is 7.53. The van der Waals surface area contributed by atoms with Crippen molar-refractivity contribution in [2.45, 2.75) is 24.9 Å². The predicted molar refractivity (Wildman–Crippen MR) is 52.8 cm³/mol. The smallest absolute Gasteiger partial charge is 0.323 e. The van der Waals surface area contributed by atoms with Crippen molar-refractivity contribution in [1.82, 2.24) is 5.32 Å². The van der Waals surface area contributed by atoms with E-state index in [1.54, 1.807) is 0 Å². The monoisotopic (exact) mass is 227 g/mol. The molecule has 86 valence electrons. The highest BCUT2D eigenvalue weighted by molar-refractivity contribution is 5.82. The molecule has 1 aliphatic carbocycles. The van der Waals surface area contributed by atoms with Crippen molar-refractivity contribution in [3.63, 3.8) is 0 Å². The average Bonchev–Trinajstić information content (AvgIpc) is 3.00. The highest BCUT2D eigenvalue weighted by Gasteiger charge is 2.49. The van der Waals surface area contributed by atoms with Gasteiger partial charge in [-0.15, -0.1) is 0 Å². The lowest BCUT2D eigenvalue weighted by Gasteiger charge is -2.12. The number of carbonyl (C=O) groups is 1. The minimum atomic E-state index is -0.940. The van der Waals surface area contributed by atoms with Crippen LogP contribution < -0.4 is 5.32 Å². The molecule has 0 bridgehead atoms. The van der Waals surface area contributed by atoms with Crippen LogP contribution in [0.3, 0.4) is 0 Å². The SMILES string of the molecule is O=C(O)C1(NCc2cc(F)ccc2F)CC1. The first-order valence-corrected chi connectivity index (χ1v) is 4.96. The van der Waals surface area contributed by atoms with E-state index in [1.165, 1.54) is 0 Å². The molecule has 3 nitrogen and oxygen atoms in total. The highest BCUT2D eigenvalue weighted by Crippen LogP contribution is 2.35. The summed E-state index contributed by atoms with van der Waals surface area (Å²) in [4.78, 5) is 10.8. The Hall–Kier alpha value is -1.49. The van der Waals surface area contributed by atoms with Crippen LogP contribution in [-0.4, -0.2) is 16.6 Å². The van der Waals surface area contributed by atoms with Gasteiger partial charge >= 0.3 is 5.97 Å². The van der Waals surface area contributed by atoms with Crippen molar-refractivity contribution >= 4 is 5.97 Å². The average molecular weight is 227 g/mol. The molecule has 0 radical (unpaired) electrons. The summed E-state index contributed by atoms with van der Waals surface area (Å²) in [6, 6.07) is 3.13. The molecule has 5 heteroatoms. The largest absolute Gasteiger partial charge is 0.480 e. The highest BCUT2D eigenvalue weighted by atomic mass is 19.1. The molecule has 0 aromatic heterocycles. The fourth-order valence-electron chi connectivity index (χ4n) is 1.53. The van der Waals surface area contributed by atoms with Gasteiger partial charge in [-0.05, 0) is 31.0 Å². The van der Waals surface area contributed by atoms with Gasteiger partial charge in [-0.3, -0.25) is 10.1 Å². The predicted octanol–water partition coefficient (Wildman–Crippen LogP) is 1.67. The Labute approximate surface area is 91.1 Å². The maximum absolute atomic E-state index is 13.2. The lowest BCUT2D eigenvalue weighted by molar-refractivity contribution is -0.140. The molecule has 0 saturated heterocycles. The summed E-state index contributed by atoms with van der Waals surface area (Å²) < 4.78 is 26.0. The first-order valence-electron chi connectivity index (χ1n) is 4.96. The van der Waals surface area contributed by atoms with Crippen LogP contribution in [0.25, 0.3) is 0 Å². The van der Waals surface area contributed by atoms with Gasteiger partial charge < -0.3 is 5.11 Å². The van der Waals surface area contributed by atoms with Gasteiger partial charge in [0.05, 0.1) is 0 Å². The molecular formula is C11H11F2NO2. The standard InChI is InChI=1S/C11H11F2NO2/c12-8-1-2-9(13)7(5-8)6-14-11(3-4-11)10(15)16/h1-2,5,14H,3-4,6H2,(H,15,16). The summed E-state index contributed by atoms with van der Waals surface area (Å²) in [6.07, 6.45) is 1.05. The van der Waals surface area contributed by atoms with E-state index < -0.39 is 23.1 Å². The minimum Gasteiger partial charge on any atom is -0.480 e. The zero-order valence-corrected chi connectivity index (χ0v) is 8.46. The van der Waals surface area contributed by atoms with Gasteiger partial charge in [0, 0.05) is 12.1 Å². The molecule has 0 spiro atoms. The Bertz CT molecular complexity index is 430. The van der Waals surface area contributed by atoms with E-state index in [9.17, 15) is 13.6 Å². The normalized spacial score (nSPS) is 17.1. The van der Waals surface area contributed by atoms with Crippen molar-refractivity contribution in [2.75, 3.05) is 0 Å². The van der Waals surface area contributed by atoms with Crippen LogP contribution in [-0.2, 0) is 11.3 Å². The van der Waals surface area contributed by atoms with Gasteiger partial charge in [0.25, 0.3) is 0 Å². The number of carboxylic acid groups (broad SMARTS) is 1. The van der Waals surface area contributed by atoms with Gasteiger partial charge in [-0.25, -0.2) is 8.78 Å². The molecule has 0 unspecified atom stereocenters. The van der Waals surface area contributed by atoms with Crippen LogP contribution in [0, 0.1) is 11.6 Å². The Morgan fingerprint density at radius 2 is 2.12 bits per heavy atom. The summed E-state index contributed by atoms with van der Waals surface area (Å²) in [5.74, 6) is -2.00. The lowest BCUT2D eigenvalue weighted by Crippen LogP contribution is -2.38. The molecule has 1 saturated carbocycles. The number of benzene rings is 1. The second-order valence-electron chi connectivity index (χ2n) is 3.98. The number of carboxylic acids is 1. The van der Waals surface area contributed by atoms with Crippen molar-refractivity contribution in [3.05, 3.63) is 35.4 Å². The molecule has 2 rings (SSSR count). The van der Waals surface area contributed by atoms with Crippen LogP contribution >= 0.6 is 0 Å². The van der Waals surface area contributed by atoms with E-state index in [1.807, 2.05) is 0 Å². The van der Waals surface area contributed by atoms with E-state index in [-0.39, 0.29) is 12.1 Å². The van der Waals surface area contributed by atoms with Crippen LogP contribution in [0.15, 0.2) is 18.2 Å². The number of hydrogen-bond acceptors (Lipinski definition) is 2. The third kappa shape index (κ3) is 2.04. The number of nitrogens with one attached hydrogen (secondary N) is 1. The minimum absolute atomic E-state index is 0.0237. The van der Waals surface area contributed by atoms with Gasteiger partial charge in [-0.1, -0.05) is 0 Å². The molecule has 16 heavy (non-hydrogen) atoms. The molecule has 0 atom stereocenters. The molecule has 0 heterocycles. The second kappa shape index (κ2) is 3.83. The molecule has 0 amide bonds. The zero-order valence-electron chi connectivity index (χ0n) is 8.46. The van der Waals surface area contributed by atoms with E-state index in [0.29, 0.717) is 12.8 Å². The van der Waals surface area contributed by atoms with Gasteiger partial charge in [0.2, 0.25) is 0 Å². The van der Waals surface area contributed by atoms with Crippen molar-refractivity contribution < 1.29 is 18.7 Å². The second-order valence-corrected chi connectivity index (χ2v) is 3.98. The topological polar surface area (TPSA) is 49.3 Å². The molecule has 0 aliphatic heterocycles. The first kappa shape index (κ1) is 11.0. The fraction of sp³-hybridized carbons (Fsp3) is 0.364. The summed E-state index contributed by atoms with van der Waals surface area (Å²) in [6.45, 7) is 0.0237. The molecule has 1 fully saturated rings. The summed E-state index contributed by atoms with van der Waals surface area (Å²) >= 11 is 0. The molecular weight excluding hydrogens is 216 g/mol. The third-order valence-electron chi connectivity index (χ3n) is 2.78. The lowest BCUT2D eigenvalue weighted by atomic mass is 10.2. The summed E-state index contributed by atoms with van der Waals surface area (Å²) in [7, 11) is 0. The van der Waals surface area contributed by atoms with Gasteiger partial charge in [-0.2, -0.15) is 0 Å². The molecule has 2 N–H and O–H groups in total. The maximum Gasteiger partial charge on any atom is 0.323 e. The molecule has 1 aromatic rings. The summed E-state index contributed by atoms with van der Waals surface area (Å²) in [5, 5.41) is 11.6. The van der Waals surface area contributed by atoms with E-state index in [4.69, 9.17) is 5.11 Å². The van der Waals surface area contributed by atoms with Crippen molar-refractivity contribution in [3.8, 4) is 0 Å². The fourth-order valence-corrected chi connectivity index (χ4v) is 1.53. The Balaban J connectivity index is 2.05. The number of hydrogen-bond donors (Lipinski definition) is 2. The number of aliphatic carboxylic acids is 1. The summed E-state index contributed by atoms with van der Waals surface area (Å²) in [5.41, 5.74) is -0.786. The van der Waals surface area contributed by atoms with Crippen LogP contribution in [0.4, 0.5) is 8.78 Å². The van der Waals surface area contributed by atoms with E-state index in [0.717, 1.165) is 18.2 Å². The van der Waals surface area contributed by atoms with Crippen molar-refractivity contribution in [1.29, 1.82) is 0 Å². The van der Waals surface area contributed by atoms with Crippen LogP contribution in [0.2, 0.25) is 0 Å². The Morgan fingerprint density at radius 3 is 2.69 bits per heavy atom. The quantitative estimate of drug-likeness (QED) is 0.822. The molecule has 1 aromatic carbocycles. The maximum atomic E-state index is 13.2. The van der Waals surface area contributed by atoms with Crippen LogP contribution in [0.1, 0.15) is 18.4 Å². The van der Waals surface area contributed by atoms with Crippen LogP contribution in [0.5, 0.6) is 0 Å². The Kier molecular flexibility index (Phi) is 2.63. The number of rotatable bonds is 4. The zero-order chi connectivity index (χ0) is 11.8. The Morgan fingerprint density at radius 1 is 1.44 bits per heavy atom. The van der Waals surface area contributed by atoms with Crippen molar-refractivity contribution in [2.24, 2.45) is 0 Å².